The van der Waals surface area contributed by atoms with Gasteiger partial charge in [-0.1, -0.05) is 30.3 Å². The van der Waals surface area contributed by atoms with Crippen LogP contribution in [0.1, 0.15) is 11.1 Å². The third-order valence-electron chi connectivity index (χ3n) is 2.89. The van der Waals surface area contributed by atoms with Crippen molar-refractivity contribution < 1.29 is 9.90 Å². The van der Waals surface area contributed by atoms with Gasteiger partial charge in [0.05, 0.1) is 6.54 Å². The van der Waals surface area contributed by atoms with E-state index in [-0.39, 0.29) is 18.2 Å². The number of phenols is 1. The molecule has 0 saturated heterocycles. The van der Waals surface area contributed by atoms with Crippen LogP contribution in [0, 0.1) is 6.92 Å². The third-order valence-corrected chi connectivity index (χ3v) is 2.89. The van der Waals surface area contributed by atoms with E-state index >= 15 is 0 Å². The van der Waals surface area contributed by atoms with Crippen molar-refractivity contribution in [2.24, 2.45) is 0 Å². The molecular formula is C16H18N2O2. The Balaban J connectivity index is 1.80. The standard InChI is InChI=1S/C16H18N2O2/c1-12-5-4-7-14(9-12)18-16(20)11-17-10-13-6-2-3-8-15(13)19/h2-9,17,19H,10-11H2,1H3,(H,18,20). The van der Waals surface area contributed by atoms with Gasteiger partial charge < -0.3 is 15.7 Å². The lowest BCUT2D eigenvalue weighted by molar-refractivity contribution is -0.115. The van der Waals surface area contributed by atoms with E-state index in [2.05, 4.69) is 10.6 Å². The highest BCUT2D eigenvalue weighted by Gasteiger charge is 2.03. The van der Waals surface area contributed by atoms with E-state index in [0.717, 1.165) is 16.8 Å². The number of phenolic OH excluding ortho intramolecular Hbond substituents is 1. The molecule has 2 aromatic carbocycles. The smallest absolute Gasteiger partial charge is 0.238 e. The molecule has 0 fully saturated rings. The van der Waals surface area contributed by atoms with E-state index in [1.54, 1.807) is 12.1 Å². The molecule has 0 atom stereocenters. The molecule has 0 aliphatic rings. The number of para-hydroxylation sites is 1. The summed E-state index contributed by atoms with van der Waals surface area (Å²) in [5, 5.41) is 15.4. The minimum Gasteiger partial charge on any atom is -0.508 e. The molecule has 0 aliphatic carbocycles. The Kier molecular flexibility index (Phi) is 4.74. The topological polar surface area (TPSA) is 61.4 Å². The Hall–Kier alpha value is -2.33. The molecule has 1 amide bonds. The first-order chi connectivity index (χ1) is 9.65. The summed E-state index contributed by atoms with van der Waals surface area (Å²) >= 11 is 0. The summed E-state index contributed by atoms with van der Waals surface area (Å²) in [4.78, 5) is 11.8. The average molecular weight is 270 g/mol. The molecule has 0 radical (unpaired) electrons. The monoisotopic (exact) mass is 270 g/mol. The van der Waals surface area contributed by atoms with Gasteiger partial charge in [-0.15, -0.1) is 0 Å². The molecule has 0 saturated carbocycles. The molecule has 0 spiro atoms. The number of benzene rings is 2. The maximum atomic E-state index is 11.8. The fourth-order valence-corrected chi connectivity index (χ4v) is 1.90. The molecule has 2 aromatic rings. The van der Waals surface area contributed by atoms with Gasteiger partial charge in [-0.3, -0.25) is 4.79 Å². The van der Waals surface area contributed by atoms with Crippen LogP contribution in [0.5, 0.6) is 5.75 Å². The fraction of sp³-hybridized carbons (Fsp3) is 0.188. The Morgan fingerprint density at radius 2 is 1.95 bits per heavy atom. The van der Waals surface area contributed by atoms with Crippen molar-refractivity contribution in [1.29, 1.82) is 0 Å². The number of hydrogen-bond donors (Lipinski definition) is 3. The van der Waals surface area contributed by atoms with Gasteiger partial charge in [0, 0.05) is 17.8 Å². The highest BCUT2D eigenvalue weighted by molar-refractivity contribution is 5.92. The first-order valence-corrected chi connectivity index (χ1v) is 6.49. The molecule has 2 rings (SSSR count). The number of rotatable bonds is 5. The molecule has 4 heteroatoms. The normalized spacial score (nSPS) is 10.2. The number of carbonyl (C=O) groups is 1. The van der Waals surface area contributed by atoms with Gasteiger partial charge in [-0.05, 0) is 30.7 Å². The summed E-state index contributed by atoms with van der Waals surface area (Å²) < 4.78 is 0. The van der Waals surface area contributed by atoms with E-state index in [1.165, 1.54) is 0 Å². The maximum Gasteiger partial charge on any atom is 0.238 e. The lowest BCUT2D eigenvalue weighted by Gasteiger charge is -2.08. The van der Waals surface area contributed by atoms with Crippen molar-refractivity contribution in [1.82, 2.24) is 5.32 Å². The largest absolute Gasteiger partial charge is 0.508 e. The van der Waals surface area contributed by atoms with Gasteiger partial charge in [0.15, 0.2) is 0 Å². The molecule has 0 unspecified atom stereocenters. The van der Waals surface area contributed by atoms with Crippen molar-refractivity contribution in [3.8, 4) is 5.75 Å². The second-order valence-corrected chi connectivity index (χ2v) is 4.65. The number of amides is 1. The second-order valence-electron chi connectivity index (χ2n) is 4.65. The van der Waals surface area contributed by atoms with Gasteiger partial charge in [0.1, 0.15) is 5.75 Å². The molecule has 104 valence electrons. The van der Waals surface area contributed by atoms with Crippen molar-refractivity contribution >= 4 is 11.6 Å². The molecule has 3 N–H and O–H groups in total. The van der Waals surface area contributed by atoms with Crippen LogP contribution in [0.25, 0.3) is 0 Å². The van der Waals surface area contributed by atoms with E-state index in [9.17, 15) is 9.90 Å². The molecule has 4 nitrogen and oxygen atoms in total. The van der Waals surface area contributed by atoms with Crippen LogP contribution in [0.2, 0.25) is 0 Å². The Labute approximate surface area is 118 Å². The summed E-state index contributed by atoms with van der Waals surface area (Å²) in [5.41, 5.74) is 2.67. The van der Waals surface area contributed by atoms with Gasteiger partial charge in [0.2, 0.25) is 5.91 Å². The SMILES string of the molecule is Cc1cccc(NC(=O)CNCc2ccccc2O)c1. The number of hydrogen-bond acceptors (Lipinski definition) is 3. The van der Waals surface area contributed by atoms with E-state index in [4.69, 9.17) is 0 Å². The van der Waals surface area contributed by atoms with E-state index in [0.29, 0.717) is 6.54 Å². The zero-order valence-corrected chi connectivity index (χ0v) is 11.4. The average Bonchev–Trinajstić information content (AvgIpc) is 2.41. The molecule has 0 bridgehead atoms. The summed E-state index contributed by atoms with van der Waals surface area (Å²) in [7, 11) is 0. The first-order valence-electron chi connectivity index (χ1n) is 6.49. The number of carbonyl (C=O) groups excluding carboxylic acids is 1. The van der Waals surface area contributed by atoms with Gasteiger partial charge in [0.25, 0.3) is 0 Å². The Bertz CT molecular complexity index is 597. The number of aryl methyl sites for hydroxylation is 1. The minimum atomic E-state index is -0.106. The zero-order valence-electron chi connectivity index (χ0n) is 11.4. The van der Waals surface area contributed by atoms with Crippen LogP contribution in [-0.4, -0.2) is 17.6 Å². The maximum absolute atomic E-state index is 11.8. The van der Waals surface area contributed by atoms with Crippen molar-refractivity contribution in [3.05, 3.63) is 59.7 Å². The number of anilines is 1. The minimum absolute atomic E-state index is 0.106. The summed E-state index contributed by atoms with van der Waals surface area (Å²) in [5.74, 6) is 0.130. The van der Waals surface area contributed by atoms with Crippen LogP contribution in [-0.2, 0) is 11.3 Å². The Morgan fingerprint density at radius 3 is 2.70 bits per heavy atom. The molecule has 0 heterocycles. The molecule has 0 aliphatic heterocycles. The molecular weight excluding hydrogens is 252 g/mol. The lowest BCUT2D eigenvalue weighted by Crippen LogP contribution is -2.27. The van der Waals surface area contributed by atoms with E-state index in [1.807, 2.05) is 43.3 Å². The quantitative estimate of drug-likeness (QED) is 0.782. The fourth-order valence-electron chi connectivity index (χ4n) is 1.90. The van der Waals surface area contributed by atoms with Crippen LogP contribution in [0.15, 0.2) is 48.5 Å². The molecule has 0 aromatic heterocycles. The summed E-state index contributed by atoms with van der Waals surface area (Å²) in [6.07, 6.45) is 0. The summed E-state index contributed by atoms with van der Waals surface area (Å²) in [6, 6.07) is 14.7. The predicted octanol–water partition coefficient (Wildman–Crippen LogP) is 2.43. The predicted molar refractivity (Wildman–Crippen MR) is 79.6 cm³/mol. The van der Waals surface area contributed by atoms with Crippen LogP contribution >= 0.6 is 0 Å². The first kappa shape index (κ1) is 14.1. The van der Waals surface area contributed by atoms with Crippen molar-refractivity contribution in [3.63, 3.8) is 0 Å². The number of nitrogens with one attached hydrogen (secondary N) is 2. The van der Waals surface area contributed by atoms with Gasteiger partial charge >= 0.3 is 0 Å². The number of aromatic hydroxyl groups is 1. The van der Waals surface area contributed by atoms with Gasteiger partial charge in [-0.25, -0.2) is 0 Å². The van der Waals surface area contributed by atoms with Crippen molar-refractivity contribution in [2.45, 2.75) is 13.5 Å². The zero-order chi connectivity index (χ0) is 14.4. The van der Waals surface area contributed by atoms with Crippen molar-refractivity contribution in [2.75, 3.05) is 11.9 Å². The van der Waals surface area contributed by atoms with Crippen LogP contribution in [0.4, 0.5) is 5.69 Å². The van der Waals surface area contributed by atoms with Crippen LogP contribution in [0.3, 0.4) is 0 Å². The third kappa shape index (κ3) is 4.10. The summed E-state index contributed by atoms with van der Waals surface area (Å²) in [6.45, 7) is 2.63. The van der Waals surface area contributed by atoms with Gasteiger partial charge in [-0.2, -0.15) is 0 Å². The second kappa shape index (κ2) is 6.73. The van der Waals surface area contributed by atoms with Crippen LogP contribution < -0.4 is 10.6 Å². The lowest BCUT2D eigenvalue weighted by atomic mass is 10.2. The Morgan fingerprint density at radius 1 is 1.15 bits per heavy atom. The van der Waals surface area contributed by atoms with E-state index < -0.39 is 0 Å². The molecule has 20 heavy (non-hydrogen) atoms. The highest BCUT2D eigenvalue weighted by Crippen LogP contribution is 2.14. The highest BCUT2D eigenvalue weighted by atomic mass is 16.3.